The lowest BCUT2D eigenvalue weighted by Gasteiger charge is -2.36. The third-order valence-corrected chi connectivity index (χ3v) is 4.04. The van der Waals surface area contributed by atoms with Gasteiger partial charge in [0.1, 0.15) is 0 Å². The van der Waals surface area contributed by atoms with Crippen LogP contribution in [0.2, 0.25) is 0 Å². The first kappa shape index (κ1) is 11.9. The molecular weight excluding hydrogens is 232 g/mol. The second-order valence-corrected chi connectivity index (χ2v) is 5.33. The van der Waals surface area contributed by atoms with Crippen LogP contribution in [0.1, 0.15) is 19.8 Å². The Hall–Kier alpha value is -1.20. The molecule has 5 heteroatoms. The molecule has 2 fully saturated rings. The molecular formula is C13H18N2O3. The van der Waals surface area contributed by atoms with Crippen LogP contribution >= 0.6 is 0 Å². The molecule has 2 unspecified atom stereocenters. The van der Waals surface area contributed by atoms with Crippen molar-refractivity contribution in [2.75, 3.05) is 26.2 Å². The number of ether oxygens (including phenoxy) is 1. The lowest BCUT2D eigenvalue weighted by Crippen LogP contribution is -2.51. The molecule has 2 amide bonds. The van der Waals surface area contributed by atoms with Crippen LogP contribution in [0.4, 0.5) is 0 Å². The van der Waals surface area contributed by atoms with Crippen molar-refractivity contribution in [2.24, 2.45) is 0 Å². The molecule has 0 saturated carbocycles. The number of amides is 2. The molecule has 3 rings (SSSR count). The van der Waals surface area contributed by atoms with E-state index in [0.717, 1.165) is 19.7 Å². The quantitative estimate of drug-likeness (QED) is 0.655. The molecule has 5 nitrogen and oxygen atoms in total. The number of imide groups is 1. The summed E-state index contributed by atoms with van der Waals surface area (Å²) < 4.78 is 5.77. The fraction of sp³-hybridized carbons (Fsp3) is 0.692. The van der Waals surface area contributed by atoms with Crippen molar-refractivity contribution in [1.82, 2.24) is 9.80 Å². The molecule has 0 spiro atoms. The first-order valence-electron chi connectivity index (χ1n) is 6.55. The molecule has 0 N–H and O–H groups in total. The highest BCUT2D eigenvalue weighted by atomic mass is 16.5. The first-order valence-corrected chi connectivity index (χ1v) is 6.55. The normalized spacial score (nSPS) is 32.9. The van der Waals surface area contributed by atoms with Crippen LogP contribution in [0, 0.1) is 0 Å². The van der Waals surface area contributed by atoms with Crippen LogP contribution in [-0.4, -0.2) is 60.0 Å². The van der Waals surface area contributed by atoms with E-state index in [2.05, 4.69) is 4.90 Å². The molecule has 0 aromatic carbocycles. The van der Waals surface area contributed by atoms with Gasteiger partial charge in [-0.15, -0.1) is 0 Å². The maximum absolute atomic E-state index is 11.8. The summed E-state index contributed by atoms with van der Waals surface area (Å²) in [6.45, 7) is 4.74. The average molecular weight is 250 g/mol. The minimum absolute atomic E-state index is 0.0356. The Kier molecular flexibility index (Phi) is 2.95. The van der Waals surface area contributed by atoms with Gasteiger partial charge in [-0.05, 0) is 26.3 Å². The number of carbonyl (C=O) groups excluding carboxylic acids is 2. The van der Waals surface area contributed by atoms with E-state index >= 15 is 0 Å². The summed E-state index contributed by atoms with van der Waals surface area (Å²) in [5, 5.41) is 0. The summed E-state index contributed by atoms with van der Waals surface area (Å²) in [4.78, 5) is 27.2. The number of hydrogen-bond donors (Lipinski definition) is 0. The average Bonchev–Trinajstić information content (AvgIpc) is 2.89. The van der Waals surface area contributed by atoms with E-state index in [0.29, 0.717) is 18.2 Å². The molecule has 2 atom stereocenters. The van der Waals surface area contributed by atoms with E-state index in [1.54, 1.807) is 6.92 Å². The number of morpholine rings is 1. The predicted octanol–water partition coefficient (Wildman–Crippen LogP) is 0.165. The van der Waals surface area contributed by atoms with Gasteiger partial charge in [-0.25, -0.2) is 0 Å². The van der Waals surface area contributed by atoms with Gasteiger partial charge in [0.25, 0.3) is 11.8 Å². The van der Waals surface area contributed by atoms with Crippen LogP contribution in [0.25, 0.3) is 0 Å². The second-order valence-electron chi connectivity index (χ2n) is 5.33. The summed E-state index contributed by atoms with van der Waals surface area (Å²) in [7, 11) is 0. The van der Waals surface area contributed by atoms with E-state index in [9.17, 15) is 9.59 Å². The molecule has 3 aliphatic rings. The van der Waals surface area contributed by atoms with Gasteiger partial charge in [0.2, 0.25) is 0 Å². The Bertz CT molecular complexity index is 418. The molecule has 0 aromatic rings. The highest BCUT2D eigenvalue weighted by molar-refractivity contribution is 6.15. The molecule has 2 saturated heterocycles. The summed E-state index contributed by atoms with van der Waals surface area (Å²) in [5.74, 6) is -0.378. The molecule has 0 radical (unpaired) electrons. The topological polar surface area (TPSA) is 49.9 Å². The van der Waals surface area contributed by atoms with Crippen molar-refractivity contribution < 1.29 is 14.3 Å². The van der Waals surface area contributed by atoms with Gasteiger partial charge in [-0.2, -0.15) is 0 Å². The zero-order valence-electron chi connectivity index (χ0n) is 10.6. The number of carbonyl (C=O) groups is 2. The second kappa shape index (κ2) is 4.48. The minimum Gasteiger partial charge on any atom is -0.373 e. The van der Waals surface area contributed by atoms with Crippen molar-refractivity contribution >= 4 is 11.8 Å². The van der Waals surface area contributed by atoms with Crippen LogP contribution in [-0.2, 0) is 14.3 Å². The number of rotatable bonds is 2. The largest absolute Gasteiger partial charge is 0.373 e. The van der Waals surface area contributed by atoms with Crippen LogP contribution in [0.15, 0.2) is 11.6 Å². The van der Waals surface area contributed by atoms with Crippen molar-refractivity contribution in [2.45, 2.75) is 31.9 Å². The Labute approximate surface area is 106 Å². The fourth-order valence-corrected chi connectivity index (χ4v) is 3.01. The van der Waals surface area contributed by atoms with Crippen LogP contribution < -0.4 is 0 Å². The lowest BCUT2D eigenvalue weighted by atomic mass is 10.2. The third kappa shape index (κ3) is 1.97. The molecule has 3 heterocycles. The maximum atomic E-state index is 11.8. The number of hydrogen-bond acceptors (Lipinski definition) is 4. The molecule has 0 aromatic heterocycles. The van der Waals surface area contributed by atoms with Gasteiger partial charge in [-0.3, -0.25) is 19.4 Å². The van der Waals surface area contributed by atoms with E-state index in [1.165, 1.54) is 23.8 Å². The zero-order valence-corrected chi connectivity index (χ0v) is 10.6. The first-order chi connectivity index (χ1) is 8.65. The molecule has 18 heavy (non-hydrogen) atoms. The Morgan fingerprint density at radius 1 is 1.44 bits per heavy atom. The van der Waals surface area contributed by atoms with Crippen molar-refractivity contribution in [3.8, 4) is 0 Å². The number of fused-ring (bicyclic) bond motifs is 1. The van der Waals surface area contributed by atoms with Crippen molar-refractivity contribution in [3.63, 3.8) is 0 Å². The van der Waals surface area contributed by atoms with Gasteiger partial charge in [0, 0.05) is 24.2 Å². The van der Waals surface area contributed by atoms with Gasteiger partial charge < -0.3 is 4.74 Å². The summed E-state index contributed by atoms with van der Waals surface area (Å²) in [6, 6.07) is 0.547. The highest BCUT2D eigenvalue weighted by Gasteiger charge is 2.36. The van der Waals surface area contributed by atoms with Crippen LogP contribution in [0.3, 0.4) is 0 Å². The Balaban J connectivity index is 1.61. The lowest BCUT2D eigenvalue weighted by molar-refractivity contribution is -0.141. The minimum atomic E-state index is -0.204. The smallest absolute Gasteiger partial charge is 0.256 e. The summed E-state index contributed by atoms with van der Waals surface area (Å²) in [6.07, 6.45) is 3.80. The van der Waals surface area contributed by atoms with E-state index in [4.69, 9.17) is 4.74 Å². The summed E-state index contributed by atoms with van der Waals surface area (Å²) >= 11 is 0. The van der Waals surface area contributed by atoms with Crippen molar-refractivity contribution in [3.05, 3.63) is 11.6 Å². The molecule has 0 aliphatic carbocycles. The highest BCUT2D eigenvalue weighted by Crippen LogP contribution is 2.23. The monoisotopic (exact) mass is 250 g/mol. The van der Waals surface area contributed by atoms with Crippen LogP contribution in [0.5, 0.6) is 0 Å². The SMILES string of the molecule is CC1=CC(=O)N(CC2CN3CCCC3CO2)C1=O. The number of nitrogens with zero attached hydrogens (tertiary/aromatic N) is 2. The Morgan fingerprint density at radius 3 is 3.00 bits per heavy atom. The van der Waals surface area contributed by atoms with Gasteiger partial charge in [0.05, 0.1) is 19.3 Å². The summed E-state index contributed by atoms with van der Waals surface area (Å²) in [5.41, 5.74) is 0.523. The Morgan fingerprint density at radius 2 is 2.28 bits per heavy atom. The predicted molar refractivity (Wildman–Crippen MR) is 64.8 cm³/mol. The van der Waals surface area contributed by atoms with Gasteiger partial charge in [0.15, 0.2) is 0 Å². The maximum Gasteiger partial charge on any atom is 0.256 e. The van der Waals surface area contributed by atoms with E-state index in [1.807, 2.05) is 0 Å². The van der Waals surface area contributed by atoms with E-state index < -0.39 is 0 Å². The molecule has 3 aliphatic heterocycles. The fourth-order valence-electron chi connectivity index (χ4n) is 3.01. The van der Waals surface area contributed by atoms with Gasteiger partial charge in [-0.1, -0.05) is 0 Å². The zero-order chi connectivity index (χ0) is 12.7. The standard InChI is InChI=1S/C13H18N2O3/c1-9-5-12(16)15(13(9)17)7-11-6-14-4-2-3-10(14)8-18-11/h5,10-11H,2-4,6-8H2,1H3. The van der Waals surface area contributed by atoms with Crippen molar-refractivity contribution in [1.29, 1.82) is 0 Å². The van der Waals surface area contributed by atoms with E-state index in [-0.39, 0.29) is 17.9 Å². The molecule has 0 bridgehead atoms. The molecule has 98 valence electrons. The third-order valence-electron chi connectivity index (χ3n) is 4.04. The van der Waals surface area contributed by atoms with Gasteiger partial charge >= 0.3 is 0 Å².